The minimum Gasteiger partial charge on any atom is -0.301 e. The van der Waals surface area contributed by atoms with Crippen LogP contribution in [-0.2, 0) is 14.6 Å². The van der Waals surface area contributed by atoms with Gasteiger partial charge in [0.15, 0.2) is 15.0 Å². The second-order valence-electron chi connectivity index (χ2n) is 4.73. The fourth-order valence-electron chi connectivity index (χ4n) is 2.01. The Morgan fingerprint density at radius 1 is 1.13 bits per heavy atom. The van der Waals surface area contributed by atoms with E-state index in [9.17, 15) is 17.6 Å². The van der Waals surface area contributed by atoms with Crippen LogP contribution in [0.3, 0.4) is 0 Å². The summed E-state index contributed by atoms with van der Waals surface area (Å²) in [5.74, 6) is -1.90. The van der Waals surface area contributed by atoms with Crippen LogP contribution in [0.1, 0.15) is 0 Å². The van der Waals surface area contributed by atoms with Crippen molar-refractivity contribution in [1.82, 2.24) is 4.98 Å². The normalized spacial score (nSPS) is 11.5. The number of thiazole rings is 1. The number of carbonyl (C=O) groups excluding carboxylic acids is 1. The summed E-state index contributed by atoms with van der Waals surface area (Å²) in [4.78, 5) is 16.0. The maximum absolute atomic E-state index is 13.6. The molecule has 5 nitrogen and oxygen atoms in total. The Hall–Kier alpha value is -2.32. The van der Waals surface area contributed by atoms with Gasteiger partial charge in [0.25, 0.3) is 0 Å². The molecule has 0 unspecified atom stereocenters. The predicted octanol–water partition coefficient (Wildman–Crippen LogP) is 2.85. The largest absolute Gasteiger partial charge is 0.301 e. The number of benzene rings is 2. The van der Waals surface area contributed by atoms with Gasteiger partial charge >= 0.3 is 0 Å². The lowest BCUT2D eigenvalue weighted by Crippen LogP contribution is -2.22. The smallest absolute Gasteiger partial charge is 0.241 e. The van der Waals surface area contributed by atoms with Crippen molar-refractivity contribution in [2.45, 2.75) is 4.90 Å². The molecule has 2 aromatic carbocycles. The van der Waals surface area contributed by atoms with E-state index in [-0.39, 0.29) is 15.5 Å². The number of amides is 1. The molecule has 8 heteroatoms. The minimum atomic E-state index is -3.73. The van der Waals surface area contributed by atoms with Crippen LogP contribution >= 0.6 is 11.3 Å². The Labute approximate surface area is 135 Å². The van der Waals surface area contributed by atoms with Crippen LogP contribution in [0.2, 0.25) is 0 Å². The molecule has 3 aromatic rings. The molecule has 1 aromatic heterocycles. The van der Waals surface area contributed by atoms with Crippen LogP contribution in [0.4, 0.5) is 9.52 Å². The van der Waals surface area contributed by atoms with Crippen molar-refractivity contribution in [2.75, 3.05) is 11.1 Å². The fourth-order valence-corrected chi connectivity index (χ4v) is 4.06. The zero-order valence-corrected chi connectivity index (χ0v) is 13.3. The van der Waals surface area contributed by atoms with Crippen molar-refractivity contribution >= 4 is 42.4 Å². The minimum absolute atomic E-state index is 0.0745. The fraction of sp³-hybridized carbons (Fsp3) is 0.0667. The third kappa shape index (κ3) is 3.38. The maximum atomic E-state index is 13.6. The average Bonchev–Trinajstić information content (AvgIpc) is 2.91. The van der Waals surface area contributed by atoms with E-state index in [1.165, 1.54) is 18.2 Å². The molecule has 1 N–H and O–H groups in total. The summed E-state index contributed by atoms with van der Waals surface area (Å²) < 4.78 is 38.4. The van der Waals surface area contributed by atoms with Crippen LogP contribution in [0.15, 0.2) is 53.4 Å². The van der Waals surface area contributed by atoms with Gasteiger partial charge in [-0.3, -0.25) is 4.79 Å². The molecule has 0 aliphatic rings. The lowest BCUT2D eigenvalue weighted by Gasteiger charge is -2.04. The second kappa shape index (κ2) is 6.05. The zero-order valence-electron chi connectivity index (χ0n) is 11.7. The first-order chi connectivity index (χ1) is 11.0. The van der Waals surface area contributed by atoms with Crippen LogP contribution in [-0.4, -0.2) is 25.1 Å². The molecule has 0 aliphatic carbocycles. The third-order valence-electron chi connectivity index (χ3n) is 3.04. The molecule has 23 heavy (non-hydrogen) atoms. The number of fused-ring (bicyclic) bond motifs is 1. The summed E-state index contributed by atoms with van der Waals surface area (Å²) in [5, 5.41) is 2.57. The average molecular weight is 350 g/mol. The highest BCUT2D eigenvalue weighted by Crippen LogP contribution is 2.27. The number of carbonyl (C=O) groups is 1. The van der Waals surface area contributed by atoms with Crippen LogP contribution in [0, 0.1) is 5.82 Å². The number of rotatable bonds is 4. The van der Waals surface area contributed by atoms with Gasteiger partial charge in [0.05, 0.1) is 9.60 Å². The SMILES string of the molecule is O=C(CS(=O)(=O)c1ccccc1)Nc1nc2c(F)cccc2s1. The van der Waals surface area contributed by atoms with Gasteiger partial charge in [-0.25, -0.2) is 17.8 Å². The second-order valence-corrected chi connectivity index (χ2v) is 7.75. The van der Waals surface area contributed by atoms with Crippen LogP contribution < -0.4 is 5.32 Å². The molecule has 0 radical (unpaired) electrons. The highest BCUT2D eigenvalue weighted by Gasteiger charge is 2.20. The molecule has 1 heterocycles. The Kier molecular flexibility index (Phi) is 4.10. The lowest BCUT2D eigenvalue weighted by molar-refractivity contribution is -0.113. The van der Waals surface area contributed by atoms with Crippen molar-refractivity contribution in [3.63, 3.8) is 0 Å². The van der Waals surface area contributed by atoms with E-state index in [0.717, 1.165) is 11.3 Å². The Morgan fingerprint density at radius 3 is 2.57 bits per heavy atom. The summed E-state index contributed by atoms with van der Waals surface area (Å²) in [5.41, 5.74) is 0.152. The van der Waals surface area contributed by atoms with Crippen molar-refractivity contribution in [1.29, 1.82) is 0 Å². The molecular weight excluding hydrogens is 339 g/mol. The quantitative estimate of drug-likeness (QED) is 0.785. The van der Waals surface area contributed by atoms with E-state index in [4.69, 9.17) is 0 Å². The maximum Gasteiger partial charge on any atom is 0.241 e. The predicted molar refractivity (Wildman–Crippen MR) is 86.7 cm³/mol. The van der Waals surface area contributed by atoms with Crippen molar-refractivity contribution in [3.05, 3.63) is 54.3 Å². The Bertz CT molecular complexity index is 969. The number of halogens is 1. The summed E-state index contributed by atoms with van der Waals surface area (Å²) in [6, 6.07) is 12.2. The van der Waals surface area contributed by atoms with Crippen molar-refractivity contribution in [2.24, 2.45) is 0 Å². The van der Waals surface area contributed by atoms with Gasteiger partial charge < -0.3 is 5.32 Å². The molecule has 0 spiro atoms. The number of para-hydroxylation sites is 1. The number of nitrogens with one attached hydrogen (secondary N) is 1. The monoisotopic (exact) mass is 350 g/mol. The van der Waals surface area contributed by atoms with Crippen LogP contribution in [0.5, 0.6) is 0 Å². The van der Waals surface area contributed by atoms with E-state index in [0.29, 0.717) is 4.70 Å². The topological polar surface area (TPSA) is 76.1 Å². The molecule has 118 valence electrons. The number of nitrogens with zero attached hydrogens (tertiary/aromatic N) is 1. The standard InChI is InChI=1S/C15H11FN2O3S2/c16-11-7-4-8-12-14(11)18-15(22-12)17-13(19)9-23(20,21)10-5-2-1-3-6-10/h1-8H,9H2,(H,17,18,19). The van der Waals surface area contributed by atoms with E-state index < -0.39 is 27.3 Å². The first kappa shape index (κ1) is 15.6. The summed E-state index contributed by atoms with van der Waals surface area (Å²) in [6.07, 6.45) is 0. The molecular formula is C15H11FN2O3S2. The van der Waals surface area contributed by atoms with Crippen molar-refractivity contribution < 1.29 is 17.6 Å². The number of anilines is 1. The molecule has 1 amide bonds. The molecule has 0 atom stereocenters. The molecule has 0 aliphatic heterocycles. The van der Waals surface area contributed by atoms with Gasteiger partial charge in [0.2, 0.25) is 5.91 Å². The highest BCUT2D eigenvalue weighted by atomic mass is 32.2. The van der Waals surface area contributed by atoms with Gasteiger partial charge in [0, 0.05) is 0 Å². The first-order valence-corrected chi connectivity index (χ1v) is 9.05. The Balaban J connectivity index is 1.77. The van der Waals surface area contributed by atoms with E-state index in [1.54, 1.807) is 30.3 Å². The molecule has 0 bridgehead atoms. The third-order valence-corrected chi connectivity index (χ3v) is 5.61. The van der Waals surface area contributed by atoms with Gasteiger partial charge in [-0.2, -0.15) is 0 Å². The van der Waals surface area contributed by atoms with E-state index in [1.807, 2.05) is 0 Å². The Morgan fingerprint density at radius 2 is 1.87 bits per heavy atom. The molecule has 3 rings (SSSR count). The summed E-state index contributed by atoms with van der Waals surface area (Å²) >= 11 is 1.08. The first-order valence-electron chi connectivity index (χ1n) is 6.58. The van der Waals surface area contributed by atoms with E-state index >= 15 is 0 Å². The number of hydrogen-bond donors (Lipinski definition) is 1. The summed E-state index contributed by atoms with van der Waals surface area (Å²) in [7, 11) is -3.73. The lowest BCUT2D eigenvalue weighted by atomic mass is 10.3. The molecule has 0 saturated carbocycles. The number of aromatic nitrogens is 1. The molecule has 0 fully saturated rings. The van der Waals surface area contributed by atoms with Crippen molar-refractivity contribution in [3.8, 4) is 0 Å². The van der Waals surface area contributed by atoms with Gasteiger partial charge in [-0.15, -0.1) is 0 Å². The van der Waals surface area contributed by atoms with Crippen LogP contribution in [0.25, 0.3) is 10.2 Å². The number of sulfone groups is 1. The molecule has 0 saturated heterocycles. The van der Waals surface area contributed by atoms with E-state index in [2.05, 4.69) is 10.3 Å². The van der Waals surface area contributed by atoms with Gasteiger partial charge in [-0.1, -0.05) is 35.6 Å². The number of hydrogen-bond acceptors (Lipinski definition) is 5. The van der Waals surface area contributed by atoms with Gasteiger partial charge in [-0.05, 0) is 24.3 Å². The zero-order chi connectivity index (χ0) is 16.4. The van der Waals surface area contributed by atoms with Gasteiger partial charge in [0.1, 0.15) is 17.1 Å². The summed E-state index contributed by atoms with van der Waals surface area (Å²) in [6.45, 7) is 0. The highest BCUT2D eigenvalue weighted by molar-refractivity contribution is 7.92.